The second-order valence-corrected chi connectivity index (χ2v) is 6.93. The van der Waals surface area contributed by atoms with Crippen LogP contribution in [0.25, 0.3) is 5.69 Å². The number of hydrogen-bond acceptors (Lipinski definition) is 4. The van der Waals surface area contributed by atoms with Crippen LogP contribution in [0, 0.1) is 11.6 Å². The Labute approximate surface area is 159 Å². The van der Waals surface area contributed by atoms with Gasteiger partial charge in [-0.3, -0.25) is 9.36 Å². The average molecular weight is 389 g/mol. The van der Waals surface area contributed by atoms with Crippen LogP contribution in [0.3, 0.4) is 0 Å². The van der Waals surface area contributed by atoms with E-state index in [1.165, 1.54) is 17.8 Å². The summed E-state index contributed by atoms with van der Waals surface area (Å²) in [5.41, 5.74) is 0.400. The molecule has 140 valence electrons. The van der Waals surface area contributed by atoms with E-state index in [1.54, 1.807) is 26.4 Å². The number of carbonyl (C=O) groups is 1. The summed E-state index contributed by atoms with van der Waals surface area (Å²) in [6.45, 7) is 1.64. The standard InChI is InChI=1S/C19H17F2N3O2S/c1-12(18(25)23-17-15(20)4-3-5-16(17)21)27-19-22-10-11-24(19)13-6-8-14(26-2)9-7-13/h3-12H,1-2H3,(H,23,25). The zero-order valence-corrected chi connectivity index (χ0v) is 15.5. The molecule has 27 heavy (non-hydrogen) atoms. The fourth-order valence-electron chi connectivity index (χ4n) is 2.37. The Morgan fingerprint density at radius 2 is 1.85 bits per heavy atom. The molecule has 1 aromatic heterocycles. The van der Waals surface area contributed by atoms with E-state index in [0.29, 0.717) is 5.16 Å². The zero-order chi connectivity index (χ0) is 19.4. The Morgan fingerprint density at radius 1 is 1.19 bits per heavy atom. The highest BCUT2D eigenvalue weighted by molar-refractivity contribution is 8.00. The molecule has 1 N–H and O–H groups in total. The highest BCUT2D eigenvalue weighted by Gasteiger charge is 2.20. The average Bonchev–Trinajstić information content (AvgIpc) is 3.12. The number of halogens is 2. The minimum absolute atomic E-state index is 0.451. The van der Waals surface area contributed by atoms with Gasteiger partial charge >= 0.3 is 0 Å². The van der Waals surface area contributed by atoms with Gasteiger partial charge in [-0.15, -0.1) is 0 Å². The van der Waals surface area contributed by atoms with Crippen molar-refractivity contribution in [3.8, 4) is 11.4 Å². The number of methoxy groups -OCH3 is 1. The molecule has 1 atom stereocenters. The van der Waals surface area contributed by atoms with E-state index in [1.807, 2.05) is 28.8 Å². The lowest BCUT2D eigenvalue weighted by atomic mass is 10.3. The Hall–Kier alpha value is -2.87. The van der Waals surface area contributed by atoms with Crippen molar-refractivity contribution in [1.82, 2.24) is 9.55 Å². The van der Waals surface area contributed by atoms with Crippen molar-refractivity contribution in [2.75, 3.05) is 12.4 Å². The second kappa shape index (κ2) is 8.22. The van der Waals surface area contributed by atoms with E-state index in [9.17, 15) is 13.6 Å². The van der Waals surface area contributed by atoms with Gasteiger partial charge in [0, 0.05) is 18.1 Å². The van der Waals surface area contributed by atoms with E-state index < -0.39 is 28.5 Å². The molecular weight excluding hydrogens is 372 g/mol. The van der Waals surface area contributed by atoms with Crippen molar-refractivity contribution in [3.63, 3.8) is 0 Å². The maximum absolute atomic E-state index is 13.7. The third-order valence-electron chi connectivity index (χ3n) is 3.82. The number of anilines is 1. The van der Waals surface area contributed by atoms with Crippen LogP contribution < -0.4 is 10.1 Å². The maximum Gasteiger partial charge on any atom is 0.237 e. The van der Waals surface area contributed by atoms with Gasteiger partial charge in [0.05, 0.1) is 12.4 Å². The predicted molar refractivity (Wildman–Crippen MR) is 100 cm³/mol. The van der Waals surface area contributed by atoms with Gasteiger partial charge in [-0.2, -0.15) is 0 Å². The molecule has 0 bridgehead atoms. The number of aromatic nitrogens is 2. The Bertz CT molecular complexity index is 924. The van der Waals surface area contributed by atoms with Gasteiger partial charge in [0.15, 0.2) is 5.16 Å². The molecule has 0 saturated carbocycles. The molecule has 1 unspecified atom stereocenters. The summed E-state index contributed by atoms with van der Waals surface area (Å²) in [6, 6.07) is 10.8. The first-order chi connectivity index (χ1) is 13.0. The molecule has 0 aliphatic heterocycles. The number of para-hydroxylation sites is 1. The molecule has 3 rings (SSSR count). The number of thioether (sulfide) groups is 1. The van der Waals surface area contributed by atoms with Crippen molar-refractivity contribution >= 4 is 23.4 Å². The van der Waals surface area contributed by atoms with Gasteiger partial charge in [0.25, 0.3) is 0 Å². The lowest BCUT2D eigenvalue weighted by Gasteiger charge is -2.14. The lowest BCUT2D eigenvalue weighted by molar-refractivity contribution is -0.115. The number of ether oxygens (including phenoxy) is 1. The van der Waals surface area contributed by atoms with Crippen LogP contribution in [0.5, 0.6) is 5.75 Å². The summed E-state index contributed by atoms with van der Waals surface area (Å²) < 4.78 is 34.4. The van der Waals surface area contributed by atoms with Crippen molar-refractivity contribution < 1.29 is 18.3 Å². The summed E-state index contributed by atoms with van der Waals surface area (Å²) >= 11 is 1.18. The van der Waals surface area contributed by atoms with E-state index >= 15 is 0 Å². The van der Waals surface area contributed by atoms with Crippen molar-refractivity contribution in [2.45, 2.75) is 17.3 Å². The molecule has 5 nitrogen and oxygen atoms in total. The normalized spacial score (nSPS) is 11.9. The van der Waals surface area contributed by atoms with E-state index in [0.717, 1.165) is 23.6 Å². The molecule has 0 saturated heterocycles. The third-order valence-corrected chi connectivity index (χ3v) is 4.90. The molecule has 0 aliphatic carbocycles. The molecule has 1 amide bonds. The van der Waals surface area contributed by atoms with Crippen LogP contribution >= 0.6 is 11.8 Å². The Balaban J connectivity index is 1.73. The van der Waals surface area contributed by atoms with Crippen molar-refractivity contribution in [2.24, 2.45) is 0 Å². The summed E-state index contributed by atoms with van der Waals surface area (Å²) in [5, 5.41) is 2.26. The predicted octanol–water partition coefficient (Wildman–Crippen LogP) is 4.28. The summed E-state index contributed by atoms with van der Waals surface area (Å²) in [7, 11) is 1.59. The second-order valence-electron chi connectivity index (χ2n) is 5.62. The number of nitrogens with one attached hydrogen (secondary N) is 1. The fourth-order valence-corrected chi connectivity index (χ4v) is 3.25. The number of amides is 1. The van der Waals surface area contributed by atoms with Crippen LogP contribution in [0.1, 0.15) is 6.92 Å². The Kier molecular flexibility index (Phi) is 5.75. The third kappa shape index (κ3) is 4.28. The maximum atomic E-state index is 13.7. The monoisotopic (exact) mass is 389 g/mol. The number of nitrogens with zero attached hydrogens (tertiary/aromatic N) is 2. The highest BCUT2D eigenvalue weighted by Crippen LogP contribution is 2.27. The smallest absolute Gasteiger partial charge is 0.237 e. The van der Waals surface area contributed by atoms with E-state index in [-0.39, 0.29) is 0 Å². The zero-order valence-electron chi connectivity index (χ0n) is 14.6. The quantitative estimate of drug-likeness (QED) is 0.640. The molecule has 8 heteroatoms. The molecule has 0 radical (unpaired) electrons. The minimum atomic E-state index is -0.819. The van der Waals surface area contributed by atoms with Crippen LogP contribution in [0.2, 0.25) is 0 Å². The highest BCUT2D eigenvalue weighted by atomic mass is 32.2. The van der Waals surface area contributed by atoms with E-state index in [2.05, 4.69) is 10.3 Å². The number of hydrogen-bond donors (Lipinski definition) is 1. The summed E-state index contributed by atoms with van der Waals surface area (Å²) in [4.78, 5) is 16.6. The Morgan fingerprint density at radius 3 is 2.48 bits per heavy atom. The molecule has 0 spiro atoms. The molecule has 0 fully saturated rings. The minimum Gasteiger partial charge on any atom is -0.497 e. The van der Waals surface area contributed by atoms with Gasteiger partial charge in [0.2, 0.25) is 5.91 Å². The van der Waals surface area contributed by atoms with Crippen LogP contribution in [0.4, 0.5) is 14.5 Å². The van der Waals surface area contributed by atoms with Gasteiger partial charge in [-0.1, -0.05) is 17.8 Å². The first kappa shape index (κ1) is 18.9. The lowest BCUT2D eigenvalue weighted by Crippen LogP contribution is -2.24. The van der Waals surface area contributed by atoms with Crippen molar-refractivity contribution in [1.29, 1.82) is 0 Å². The SMILES string of the molecule is COc1ccc(-n2ccnc2SC(C)C(=O)Nc2c(F)cccc2F)cc1. The van der Waals surface area contributed by atoms with Gasteiger partial charge in [-0.25, -0.2) is 13.8 Å². The molecule has 1 heterocycles. The van der Waals surface area contributed by atoms with Crippen LogP contribution in [-0.4, -0.2) is 27.8 Å². The van der Waals surface area contributed by atoms with Gasteiger partial charge < -0.3 is 10.1 Å². The molecule has 0 aliphatic rings. The first-order valence-corrected chi connectivity index (χ1v) is 8.97. The fraction of sp³-hybridized carbons (Fsp3) is 0.158. The van der Waals surface area contributed by atoms with Gasteiger partial charge in [-0.05, 0) is 43.3 Å². The number of benzene rings is 2. The molecular formula is C19H17F2N3O2S. The number of imidazole rings is 1. The molecule has 3 aromatic rings. The summed E-state index contributed by atoms with van der Waals surface area (Å²) in [5.74, 6) is -1.43. The summed E-state index contributed by atoms with van der Waals surface area (Å²) in [6.07, 6.45) is 3.39. The number of carbonyl (C=O) groups excluding carboxylic acids is 1. The molecule has 2 aromatic carbocycles. The first-order valence-electron chi connectivity index (χ1n) is 8.09. The van der Waals surface area contributed by atoms with Crippen LogP contribution in [0.15, 0.2) is 60.0 Å². The van der Waals surface area contributed by atoms with E-state index in [4.69, 9.17) is 4.74 Å². The largest absolute Gasteiger partial charge is 0.497 e. The van der Waals surface area contributed by atoms with Crippen molar-refractivity contribution in [3.05, 3.63) is 66.5 Å². The van der Waals surface area contributed by atoms with Gasteiger partial charge in [0.1, 0.15) is 23.1 Å². The van der Waals surface area contributed by atoms with Crippen LogP contribution in [-0.2, 0) is 4.79 Å². The topological polar surface area (TPSA) is 56.2 Å². The number of rotatable bonds is 6.